The first-order valence-electron chi connectivity index (χ1n) is 8.47. The topological polar surface area (TPSA) is 65.1 Å². The van der Waals surface area contributed by atoms with Crippen LogP contribution in [0.5, 0.6) is 0 Å². The van der Waals surface area contributed by atoms with Crippen molar-refractivity contribution in [3.63, 3.8) is 0 Å². The monoisotopic (exact) mass is 296 g/mol. The molecule has 1 saturated heterocycles. The number of nitrogens with two attached hydrogens (primary N) is 1. The molecule has 2 aliphatic rings. The van der Waals surface area contributed by atoms with Gasteiger partial charge in [-0.2, -0.15) is 0 Å². The average molecular weight is 296 g/mol. The zero-order valence-corrected chi connectivity index (χ0v) is 13.7. The van der Waals surface area contributed by atoms with Crippen LogP contribution in [0.3, 0.4) is 0 Å². The Balaban J connectivity index is 1.65. The van der Waals surface area contributed by atoms with Crippen LogP contribution in [0.4, 0.5) is 0 Å². The van der Waals surface area contributed by atoms with Gasteiger partial charge in [0.1, 0.15) is 5.84 Å². The van der Waals surface area contributed by atoms with Gasteiger partial charge in [0.15, 0.2) is 0 Å². The van der Waals surface area contributed by atoms with Crippen LogP contribution in [-0.2, 0) is 0 Å². The number of amidine groups is 1. The molecule has 0 aromatic rings. The third kappa shape index (κ3) is 4.58. The number of oxime groups is 1. The molecule has 0 atom stereocenters. The fraction of sp³-hybridized carbons (Fsp3) is 0.938. The molecule has 1 aliphatic carbocycles. The lowest BCUT2D eigenvalue weighted by molar-refractivity contribution is 0.0956. The van der Waals surface area contributed by atoms with Crippen LogP contribution in [0.2, 0.25) is 0 Å². The Morgan fingerprint density at radius 3 is 2.38 bits per heavy atom. The molecule has 5 nitrogen and oxygen atoms in total. The summed E-state index contributed by atoms with van der Waals surface area (Å²) in [7, 11) is 0. The number of piperazine rings is 1. The molecule has 0 amide bonds. The highest BCUT2D eigenvalue weighted by molar-refractivity contribution is 5.85. The number of rotatable bonds is 6. The van der Waals surface area contributed by atoms with Crippen LogP contribution >= 0.6 is 0 Å². The molecule has 0 spiro atoms. The van der Waals surface area contributed by atoms with Gasteiger partial charge in [0.2, 0.25) is 0 Å². The summed E-state index contributed by atoms with van der Waals surface area (Å²) >= 11 is 0. The molecular formula is C16H32N4O. The maximum absolute atomic E-state index is 8.80. The molecule has 1 aliphatic heterocycles. The molecule has 0 unspecified atom stereocenters. The van der Waals surface area contributed by atoms with Gasteiger partial charge in [0, 0.05) is 37.6 Å². The molecule has 0 aromatic heterocycles. The Kier molecular flexibility index (Phi) is 5.88. The maximum atomic E-state index is 8.80. The van der Waals surface area contributed by atoms with E-state index in [-0.39, 0.29) is 5.41 Å². The minimum Gasteiger partial charge on any atom is -0.409 e. The second kappa shape index (κ2) is 7.45. The van der Waals surface area contributed by atoms with Crippen molar-refractivity contribution in [1.82, 2.24) is 9.80 Å². The van der Waals surface area contributed by atoms with Gasteiger partial charge in [0.25, 0.3) is 0 Å². The standard InChI is InChI=1S/C16H32N4O/c1-16(2,15(17)18-21)8-5-9-19-10-12-20(13-11-19)14-6-3-4-7-14/h14,21H,3-13H2,1-2H3,(H2,17,18). The lowest BCUT2D eigenvalue weighted by Gasteiger charge is -2.38. The lowest BCUT2D eigenvalue weighted by atomic mass is 9.86. The number of hydrogen-bond donors (Lipinski definition) is 2. The summed E-state index contributed by atoms with van der Waals surface area (Å²) in [4.78, 5) is 5.26. The van der Waals surface area contributed by atoms with Crippen molar-refractivity contribution in [2.45, 2.75) is 58.4 Å². The molecule has 1 heterocycles. The quantitative estimate of drug-likeness (QED) is 0.341. The second-order valence-corrected chi connectivity index (χ2v) is 7.29. The fourth-order valence-electron chi connectivity index (χ4n) is 3.63. The van der Waals surface area contributed by atoms with Crippen LogP contribution in [0.25, 0.3) is 0 Å². The van der Waals surface area contributed by atoms with Crippen LogP contribution in [0, 0.1) is 5.41 Å². The van der Waals surface area contributed by atoms with Crippen LogP contribution in [0.1, 0.15) is 52.4 Å². The maximum Gasteiger partial charge on any atom is 0.144 e. The minimum atomic E-state index is -0.208. The van der Waals surface area contributed by atoms with E-state index >= 15 is 0 Å². The molecule has 21 heavy (non-hydrogen) atoms. The lowest BCUT2D eigenvalue weighted by Crippen LogP contribution is -2.49. The first-order valence-corrected chi connectivity index (χ1v) is 8.47. The Bertz CT molecular complexity index is 342. The van der Waals surface area contributed by atoms with Crippen molar-refractivity contribution in [2.24, 2.45) is 16.3 Å². The van der Waals surface area contributed by atoms with Crippen molar-refractivity contribution in [1.29, 1.82) is 0 Å². The van der Waals surface area contributed by atoms with Gasteiger partial charge in [-0.3, -0.25) is 4.90 Å². The van der Waals surface area contributed by atoms with Crippen molar-refractivity contribution in [2.75, 3.05) is 32.7 Å². The smallest absolute Gasteiger partial charge is 0.144 e. The molecule has 5 heteroatoms. The van der Waals surface area contributed by atoms with Gasteiger partial charge in [-0.1, -0.05) is 31.8 Å². The normalized spacial score (nSPS) is 23.8. The SMILES string of the molecule is CC(C)(CCCN1CCN(C2CCCC2)CC1)C(N)=NO. The summed E-state index contributed by atoms with van der Waals surface area (Å²) in [5, 5.41) is 12.0. The summed E-state index contributed by atoms with van der Waals surface area (Å²) < 4.78 is 0. The predicted octanol–water partition coefficient (Wildman–Crippen LogP) is 2.10. The van der Waals surface area contributed by atoms with E-state index in [1.54, 1.807) is 0 Å². The third-order valence-corrected chi connectivity index (χ3v) is 5.33. The predicted molar refractivity (Wildman–Crippen MR) is 86.7 cm³/mol. The molecule has 122 valence electrons. The Morgan fingerprint density at radius 2 is 1.81 bits per heavy atom. The summed E-state index contributed by atoms with van der Waals surface area (Å²) in [5.41, 5.74) is 5.53. The Hall–Kier alpha value is -0.810. The van der Waals surface area contributed by atoms with Gasteiger partial charge >= 0.3 is 0 Å². The van der Waals surface area contributed by atoms with E-state index in [0.29, 0.717) is 5.84 Å². The third-order valence-electron chi connectivity index (χ3n) is 5.33. The van der Waals surface area contributed by atoms with Crippen LogP contribution < -0.4 is 5.73 Å². The van der Waals surface area contributed by atoms with Crippen molar-refractivity contribution in [3.05, 3.63) is 0 Å². The van der Waals surface area contributed by atoms with Gasteiger partial charge < -0.3 is 15.8 Å². The fourth-order valence-corrected chi connectivity index (χ4v) is 3.63. The highest BCUT2D eigenvalue weighted by Gasteiger charge is 2.27. The molecule has 2 fully saturated rings. The van der Waals surface area contributed by atoms with E-state index in [0.717, 1.165) is 25.4 Å². The molecule has 0 bridgehead atoms. The van der Waals surface area contributed by atoms with Crippen molar-refractivity contribution in [3.8, 4) is 0 Å². The summed E-state index contributed by atoms with van der Waals surface area (Å²) in [6.07, 6.45) is 7.74. The first kappa shape index (κ1) is 16.6. The number of nitrogens with zero attached hydrogens (tertiary/aromatic N) is 3. The van der Waals surface area contributed by atoms with E-state index in [1.807, 2.05) is 13.8 Å². The summed E-state index contributed by atoms with van der Waals surface area (Å²) in [5.74, 6) is 0.341. The molecular weight excluding hydrogens is 264 g/mol. The minimum absolute atomic E-state index is 0.208. The van der Waals surface area contributed by atoms with E-state index in [1.165, 1.54) is 51.9 Å². The van der Waals surface area contributed by atoms with Crippen molar-refractivity contribution >= 4 is 5.84 Å². The summed E-state index contributed by atoms with van der Waals surface area (Å²) in [6.45, 7) is 10.1. The van der Waals surface area contributed by atoms with Gasteiger partial charge in [-0.05, 0) is 32.2 Å². The molecule has 0 aromatic carbocycles. The number of hydrogen-bond acceptors (Lipinski definition) is 4. The molecule has 3 N–H and O–H groups in total. The molecule has 1 saturated carbocycles. The molecule has 0 radical (unpaired) electrons. The largest absolute Gasteiger partial charge is 0.409 e. The van der Waals surface area contributed by atoms with E-state index in [9.17, 15) is 0 Å². The Labute approximate surface area is 129 Å². The summed E-state index contributed by atoms with van der Waals surface area (Å²) in [6, 6.07) is 0.867. The zero-order chi connectivity index (χ0) is 15.3. The highest BCUT2D eigenvalue weighted by Crippen LogP contribution is 2.25. The average Bonchev–Trinajstić information content (AvgIpc) is 3.01. The van der Waals surface area contributed by atoms with Crippen LogP contribution in [0.15, 0.2) is 5.16 Å². The van der Waals surface area contributed by atoms with Gasteiger partial charge in [-0.15, -0.1) is 0 Å². The Morgan fingerprint density at radius 1 is 1.19 bits per heavy atom. The van der Waals surface area contributed by atoms with E-state index < -0.39 is 0 Å². The van der Waals surface area contributed by atoms with E-state index in [2.05, 4.69) is 15.0 Å². The van der Waals surface area contributed by atoms with Gasteiger partial charge in [0.05, 0.1) is 0 Å². The van der Waals surface area contributed by atoms with E-state index in [4.69, 9.17) is 10.9 Å². The first-order chi connectivity index (χ1) is 10.0. The van der Waals surface area contributed by atoms with Crippen molar-refractivity contribution < 1.29 is 5.21 Å². The second-order valence-electron chi connectivity index (χ2n) is 7.29. The molecule has 2 rings (SSSR count). The zero-order valence-electron chi connectivity index (χ0n) is 13.7. The van der Waals surface area contributed by atoms with Gasteiger partial charge in [-0.25, -0.2) is 0 Å². The highest BCUT2D eigenvalue weighted by atomic mass is 16.4. The van der Waals surface area contributed by atoms with Crippen LogP contribution in [-0.4, -0.2) is 59.6 Å².